The zero-order valence-corrected chi connectivity index (χ0v) is 16.1. The van der Waals surface area contributed by atoms with Crippen molar-refractivity contribution in [2.75, 3.05) is 0 Å². The predicted molar refractivity (Wildman–Crippen MR) is 98.3 cm³/mol. The Morgan fingerprint density at radius 3 is 2.58 bits per heavy atom. The number of benzene rings is 1. The lowest BCUT2D eigenvalue weighted by Crippen LogP contribution is -2.56. The standard InChI is InChI=1S/C20H21BrN2O3/c21-20-9-13-6-14(10-20)8-19(7-13,12-20)18(24)25-11-16-22-23-17(26-16)15-4-2-1-3-5-15/h1-5,13-14H,6-12H2/t13-,14+,19?,20?. The number of hydrogen-bond donors (Lipinski definition) is 0. The summed E-state index contributed by atoms with van der Waals surface area (Å²) in [6.07, 6.45) is 6.49. The molecule has 0 N–H and O–H groups in total. The Labute approximate surface area is 160 Å². The maximum absolute atomic E-state index is 13.0. The third-order valence-electron chi connectivity index (χ3n) is 6.24. The minimum atomic E-state index is -0.324. The summed E-state index contributed by atoms with van der Waals surface area (Å²) in [5, 5.41) is 8.07. The summed E-state index contributed by atoms with van der Waals surface area (Å²) in [5.41, 5.74) is 0.537. The second-order valence-electron chi connectivity index (χ2n) is 8.34. The first-order chi connectivity index (χ1) is 12.5. The topological polar surface area (TPSA) is 65.2 Å². The summed E-state index contributed by atoms with van der Waals surface area (Å²) >= 11 is 3.94. The largest absolute Gasteiger partial charge is 0.455 e. The maximum atomic E-state index is 13.0. The molecule has 5 nitrogen and oxygen atoms in total. The molecule has 136 valence electrons. The number of ether oxygens (including phenoxy) is 1. The normalized spacial score (nSPS) is 34.8. The molecule has 4 bridgehead atoms. The van der Waals surface area contributed by atoms with Crippen LogP contribution in [0.2, 0.25) is 0 Å². The lowest BCUT2D eigenvalue weighted by molar-refractivity contribution is -0.171. The smallest absolute Gasteiger partial charge is 0.312 e. The van der Waals surface area contributed by atoms with Gasteiger partial charge in [-0.3, -0.25) is 4.79 Å². The van der Waals surface area contributed by atoms with Crippen LogP contribution >= 0.6 is 15.9 Å². The molecule has 0 spiro atoms. The molecule has 6 heteroatoms. The highest BCUT2D eigenvalue weighted by atomic mass is 79.9. The molecular weight excluding hydrogens is 396 g/mol. The Morgan fingerprint density at radius 1 is 1.15 bits per heavy atom. The number of alkyl halides is 1. The Balaban J connectivity index is 1.28. The second-order valence-corrected chi connectivity index (χ2v) is 10.0. The van der Waals surface area contributed by atoms with Crippen LogP contribution in [0.3, 0.4) is 0 Å². The van der Waals surface area contributed by atoms with Crippen molar-refractivity contribution in [2.24, 2.45) is 17.3 Å². The van der Waals surface area contributed by atoms with Gasteiger partial charge in [-0.15, -0.1) is 10.2 Å². The van der Waals surface area contributed by atoms with Gasteiger partial charge in [-0.2, -0.15) is 0 Å². The van der Waals surface area contributed by atoms with Crippen molar-refractivity contribution in [1.82, 2.24) is 10.2 Å². The van der Waals surface area contributed by atoms with Crippen molar-refractivity contribution >= 4 is 21.9 Å². The average Bonchev–Trinajstić information content (AvgIpc) is 3.07. The molecule has 0 radical (unpaired) electrons. The Bertz CT molecular complexity index is 821. The van der Waals surface area contributed by atoms with E-state index in [0.29, 0.717) is 23.6 Å². The molecular formula is C20H21BrN2O3. The number of hydrogen-bond acceptors (Lipinski definition) is 5. The summed E-state index contributed by atoms with van der Waals surface area (Å²) < 4.78 is 11.4. The van der Waals surface area contributed by atoms with Crippen molar-refractivity contribution in [1.29, 1.82) is 0 Å². The van der Waals surface area contributed by atoms with Gasteiger partial charge in [0.15, 0.2) is 6.61 Å². The monoisotopic (exact) mass is 416 g/mol. The van der Waals surface area contributed by atoms with Gasteiger partial charge in [-0.05, 0) is 62.5 Å². The van der Waals surface area contributed by atoms with Crippen LogP contribution in [-0.2, 0) is 16.1 Å². The lowest BCUT2D eigenvalue weighted by atomic mass is 9.49. The molecule has 4 saturated carbocycles. The SMILES string of the molecule is O=C(OCc1nnc(-c2ccccc2)o1)C12C[C@@H]3C[C@@H](CC(Br)(C3)C1)C2. The van der Waals surface area contributed by atoms with E-state index in [1.54, 1.807) is 0 Å². The van der Waals surface area contributed by atoms with Gasteiger partial charge in [-0.1, -0.05) is 34.1 Å². The van der Waals surface area contributed by atoms with Gasteiger partial charge >= 0.3 is 5.97 Å². The number of rotatable bonds is 4. The first kappa shape index (κ1) is 16.5. The highest BCUT2D eigenvalue weighted by molar-refractivity contribution is 9.10. The van der Waals surface area contributed by atoms with E-state index in [1.807, 2.05) is 30.3 Å². The third kappa shape index (κ3) is 2.79. The predicted octanol–water partition coefficient (Wildman–Crippen LogP) is 4.51. The number of esters is 1. The Hall–Kier alpha value is -1.69. The van der Waals surface area contributed by atoms with E-state index < -0.39 is 0 Å². The number of carbonyl (C=O) groups excluding carboxylic acids is 1. The highest BCUT2D eigenvalue weighted by Crippen LogP contribution is 2.64. The number of carbonyl (C=O) groups is 1. The van der Waals surface area contributed by atoms with Gasteiger partial charge in [0, 0.05) is 9.89 Å². The molecule has 26 heavy (non-hydrogen) atoms. The summed E-state index contributed by atoms with van der Waals surface area (Å²) in [6.45, 7) is 0.0467. The molecule has 1 aromatic carbocycles. The molecule has 0 aliphatic heterocycles. The van der Waals surface area contributed by atoms with Crippen LogP contribution in [0, 0.1) is 17.3 Å². The fourth-order valence-electron chi connectivity index (χ4n) is 5.68. The van der Waals surface area contributed by atoms with E-state index in [4.69, 9.17) is 9.15 Å². The van der Waals surface area contributed by atoms with E-state index in [2.05, 4.69) is 26.1 Å². The van der Waals surface area contributed by atoms with Gasteiger partial charge in [0.2, 0.25) is 5.89 Å². The highest BCUT2D eigenvalue weighted by Gasteiger charge is 2.60. The number of aromatic nitrogens is 2. The molecule has 4 fully saturated rings. The van der Waals surface area contributed by atoms with E-state index in [9.17, 15) is 4.79 Å². The lowest BCUT2D eigenvalue weighted by Gasteiger charge is -2.58. The zero-order valence-electron chi connectivity index (χ0n) is 14.5. The summed E-state index contributed by atoms with van der Waals surface area (Å²) in [7, 11) is 0. The van der Waals surface area contributed by atoms with Crippen LogP contribution < -0.4 is 0 Å². The van der Waals surface area contributed by atoms with Crippen molar-refractivity contribution in [2.45, 2.75) is 49.5 Å². The number of halogens is 1. The van der Waals surface area contributed by atoms with Gasteiger partial charge in [-0.25, -0.2) is 0 Å². The quantitative estimate of drug-likeness (QED) is 0.541. The van der Waals surface area contributed by atoms with Crippen molar-refractivity contribution in [3.63, 3.8) is 0 Å². The van der Waals surface area contributed by atoms with E-state index in [0.717, 1.165) is 24.8 Å². The van der Waals surface area contributed by atoms with Crippen LogP contribution in [0.1, 0.15) is 44.4 Å². The first-order valence-corrected chi connectivity index (χ1v) is 10.1. The van der Waals surface area contributed by atoms with Gasteiger partial charge in [0.25, 0.3) is 5.89 Å². The fraction of sp³-hybridized carbons (Fsp3) is 0.550. The molecule has 4 aliphatic rings. The van der Waals surface area contributed by atoms with Crippen molar-refractivity contribution < 1.29 is 13.9 Å². The van der Waals surface area contributed by atoms with Crippen LogP contribution in [0.15, 0.2) is 34.7 Å². The molecule has 6 rings (SSSR count). The van der Waals surface area contributed by atoms with E-state index in [-0.39, 0.29) is 22.3 Å². The van der Waals surface area contributed by atoms with Gasteiger partial charge in [0.05, 0.1) is 5.41 Å². The Morgan fingerprint density at radius 2 is 1.88 bits per heavy atom. The second kappa shape index (κ2) is 5.91. The molecule has 4 atom stereocenters. The summed E-state index contributed by atoms with van der Waals surface area (Å²) in [6, 6.07) is 9.60. The molecule has 1 aromatic heterocycles. The van der Waals surface area contributed by atoms with E-state index in [1.165, 1.54) is 19.3 Å². The minimum absolute atomic E-state index is 0.0467. The van der Waals surface area contributed by atoms with Crippen molar-refractivity contribution in [3.8, 4) is 11.5 Å². The third-order valence-corrected chi connectivity index (χ3v) is 7.16. The fourth-order valence-corrected chi connectivity index (χ4v) is 7.13. The van der Waals surface area contributed by atoms with Crippen LogP contribution in [-0.4, -0.2) is 20.5 Å². The summed E-state index contributed by atoms with van der Waals surface area (Å²) in [5.74, 6) is 2.00. The van der Waals surface area contributed by atoms with Gasteiger partial charge < -0.3 is 9.15 Å². The molecule has 0 amide bonds. The molecule has 2 aromatic rings. The maximum Gasteiger partial charge on any atom is 0.312 e. The molecule has 2 unspecified atom stereocenters. The van der Waals surface area contributed by atoms with E-state index >= 15 is 0 Å². The molecule has 1 heterocycles. The molecule has 0 saturated heterocycles. The Kier molecular flexibility index (Phi) is 3.75. The summed E-state index contributed by atoms with van der Waals surface area (Å²) in [4.78, 5) is 13.0. The average molecular weight is 417 g/mol. The van der Waals surface area contributed by atoms with Crippen molar-refractivity contribution in [3.05, 3.63) is 36.2 Å². The van der Waals surface area contributed by atoms with Gasteiger partial charge in [0.1, 0.15) is 0 Å². The van der Waals surface area contributed by atoms with Crippen LogP contribution in [0.25, 0.3) is 11.5 Å². The first-order valence-electron chi connectivity index (χ1n) is 9.28. The minimum Gasteiger partial charge on any atom is -0.455 e. The van der Waals surface area contributed by atoms with Crippen LogP contribution in [0.5, 0.6) is 0 Å². The van der Waals surface area contributed by atoms with Crippen LogP contribution in [0.4, 0.5) is 0 Å². The zero-order chi connectivity index (χ0) is 17.8. The number of nitrogens with zero attached hydrogens (tertiary/aromatic N) is 2. The molecule has 4 aliphatic carbocycles.